The molecular weight excluding hydrogens is 433 g/mol. The van der Waals surface area contributed by atoms with Crippen molar-refractivity contribution in [2.45, 2.75) is 18.9 Å². The first kappa shape index (κ1) is 21.5. The van der Waals surface area contributed by atoms with Gasteiger partial charge in [-0.05, 0) is 61.5 Å². The Bertz CT molecular complexity index is 913. The van der Waals surface area contributed by atoms with Gasteiger partial charge in [-0.25, -0.2) is 0 Å². The summed E-state index contributed by atoms with van der Waals surface area (Å²) >= 11 is 17.0. The van der Waals surface area contributed by atoms with Crippen LogP contribution in [0.5, 0.6) is 0 Å². The molecule has 1 atom stereocenters. The molecule has 1 aliphatic heterocycles. The van der Waals surface area contributed by atoms with Crippen molar-refractivity contribution in [3.05, 3.63) is 63.6 Å². The molecule has 0 saturated carbocycles. The zero-order valence-corrected chi connectivity index (χ0v) is 17.7. The van der Waals surface area contributed by atoms with Crippen LogP contribution < -0.4 is 16.0 Å². The average molecular weight is 452 g/mol. The lowest BCUT2D eigenvalue weighted by molar-refractivity contribution is 0.0857. The van der Waals surface area contributed by atoms with E-state index in [1.807, 2.05) is 0 Å². The normalized spacial score (nSPS) is 15.6. The Labute approximate surface area is 183 Å². The van der Waals surface area contributed by atoms with Crippen molar-refractivity contribution in [3.63, 3.8) is 0 Å². The van der Waals surface area contributed by atoms with Gasteiger partial charge in [0.1, 0.15) is 0 Å². The number of halogens is 2. The summed E-state index contributed by atoms with van der Waals surface area (Å²) in [6, 6.07) is 11.3. The van der Waals surface area contributed by atoms with E-state index in [0.717, 1.165) is 19.4 Å². The molecular formula is C20H19Cl2N3O3S. The SMILES string of the molecule is O=C(NCC1CCCO1)c1cccc(NC(=S)NC(=O)c2cc(Cl)cc(Cl)c2)c1. The van der Waals surface area contributed by atoms with Gasteiger partial charge in [-0.1, -0.05) is 29.3 Å². The smallest absolute Gasteiger partial charge is 0.257 e. The van der Waals surface area contributed by atoms with E-state index in [1.165, 1.54) is 18.2 Å². The van der Waals surface area contributed by atoms with Crippen LogP contribution in [-0.4, -0.2) is 36.2 Å². The van der Waals surface area contributed by atoms with Gasteiger partial charge in [-0.3, -0.25) is 14.9 Å². The molecule has 0 radical (unpaired) electrons. The maximum absolute atomic E-state index is 12.3. The van der Waals surface area contributed by atoms with Crippen LogP contribution in [0.2, 0.25) is 10.0 Å². The molecule has 152 valence electrons. The van der Waals surface area contributed by atoms with E-state index in [4.69, 9.17) is 40.2 Å². The summed E-state index contributed by atoms with van der Waals surface area (Å²) in [5.74, 6) is -0.648. The average Bonchev–Trinajstić information content (AvgIpc) is 3.19. The number of ether oxygens (including phenoxy) is 1. The van der Waals surface area contributed by atoms with E-state index in [9.17, 15) is 9.59 Å². The second kappa shape index (κ2) is 10.0. The Morgan fingerprint density at radius 2 is 1.83 bits per heavy atom. The van der Waals surface area contributed by atoms with Gasteiger partial charge in [0, 0.05) is 40.0 Å². The van der Waals surface area contributed by atoms with Crippen LogP contribution in [0.15, 0.2) is 42.5 Å². The lowest BCUT2D eigenvalue weighted by Gasteiger charge is -2.13. The number of carbonyl (C=O) groups excluding carboxylic acids is 2. The van der Waals surface area contributed by atoms with Gasteiger partial charge >= 0.3 is 0 Å². The van der Waals surface area contributed by atoms with Crippen molar-refractivity contribution >= 4 is 58.0 Å². The number of benzene rings is 2. The zero-order valence-electron chi connectivity index (χ0n) is 15.3. The molecule has 29 heavy (non-hydrogen) atoms. The summed E-state index contributed by atoms with van der Waals surface area (Å²) in [5, 5.41) is 9.10. The second-order valence-corrected chi connectivity index (χ2v) is 7.77. The molecule has 0 aliphatic carbocycles. The first-order chi connectivity index (χ1) is 13.9. The van der Waals surface area contributed by atoms with Crippen molar-refractivity contribution in [2.24, 2.45) is 0 Å². The monoisotopic (exact) mass is 451 g/mol. The highest BCUT2D eigenvalue weighted by molar-refractivity contribution is 7.80. The molecule has 1 heterocycles. The summed E-state index contributed by atoms with van der Waals surface area (Å²) in [5.41, 5.74) is 1.34. The van der Waals surface area contributed by atoms with Gasteiger partial charge in [0.15, 0.2) is 5.11 Å². The predicted molar refractivity (Wildman–Crippen MR) is 118 cm³/mol. The predicted octanol–water partition coefficient (Wildman–Crippen LogP) is 4.03. The highest BCUT2D eigenvalue weighted by atomic mass is 35.5. The number of anilines is 1. The second-order valence-electron chi connectivity index (χ2n) is 6.49. The molecule has 0 spiro atoms. The molecule has 6 nitrogen and oxygen atoms in total. The van der Waals surface area contributed by atoms with Crippen molar-refractivity contribution in [1.29, 1.82) is 0 Å². The van der Waals surface area contributed by atoms with Gasteiger partial charge < -0.3 is 15.4 Å². The van der Waals surface area contributed by atoms with Crippen molar-refractivity contribution < 1.29 is 14.3 Å². The van der Waals surface area contributed by atoms with Crippen LogP contribution in [0.25, 0.3) is 0 Å². The number of carbonyl (C=O) groups is 2. The Hall–Kier alpha value is -2.19. The number of thiocarbonyl (C=S) groups is 1. The number of rotatable bonds is 5. The molecule has 2 aromatic carbocycles. The fourth-order valence-electron chi connectivity index (χ4n) is 2.87. The molecule has 1 unspecified atom stereocenters. The molecule has 0 aromatic heterocycles. The van der Waals surface area contributed by atoms with E-state index in [2.05, 4.69) is 16.0 Å². The van der Waals surface area contributed by atoms with E-state index in [1.54, 1.807) is 24.3 Å². The summed E-state index contributed by atoms with van der Waals surface area (Å²) in [6.45, 7) is 1.22. The van der Waals surface area contributed by atoms with Crippen LogP contribution in [0, 0.1) is 0 Å². The third-order valence-corrected chi connectivity index (χ3v) is 4.89. The highest BCUT2D eigenvalue weighted by Gasteiger charge is 2.17. The number of nitrogens with one attached hydrogen (secondary N) is 3. The maximum atomic E-state index is 12.3. The summed E-state index contributed by atoms with van der Waals surface area (Å²) in [6.07, 6.45) is 2.04. The largest absolute Gasteiger partial charge is 0.376 e. The van der Waals surface area contributed by atoms with E-state index in [0.29, 0.717) is 27.8 Å². The molecule has 1 saturated heterocycles. The first-order valence-corrected chi connectivity index (χ1v) is 10.2. The highest BCUT2D eigenvalue weighted by Crippen LogP contribution is 2.19. The summed E-state index contributed by atoms with van der Waals surface area (Å²) in [7, 11) is 0. The van der Waals surface area contributed by atoms with Gasteiger partial charge in [-0.15, -0.1) is 0 Å². The topological polar surface area (TPSA) is 79.5 Å². The zero-order chi connectivity index (χ0) is 20.8. The molecule has 3 N–H and O–H groups in total. The van der Waals surface area contributed by atoms with Gasteiger partial charge in [0.2, 0.25) is 0 Å². The van der Waals surface area contributed by atoms with Crippen molar-refractivity contribution in [3.8, 4) is 0 Å². The number of hydrogen-bond acceptors (Lipinski definition) is 4. The molecule has 3 rings (SSSR count). The van der Waals surface area contributed by atoms with Gasteiger partial charge in [0.05, 0.1) is 6.10 Å². The van der Waals surface area contributed by atoms with Crippen LogP contribution in [0.3, 0.4) is 0 Å². The summed E-state index contributed by atoms with van der Waals surface area (Å²) < 4.78 is 5.50. The minimum absolute atomic E-state index is 0.0723. The minimum atomic E-state index is -0.447. The molecule has 2 aromatic rings. The Morgan fingerprint density at radius 3 is 2.52 bits per heavy atom. The van der Waals surface area contributed by atoms with Crippen LogP contribution in [-0.2, 0) is 4.74 Å². The van der Waals surface area contributed by atoms with Crippen LogP contribution in [0.1, 0.15) is 33.6 Å². The van der Waals surface area contributed by atoms with Crippen LogP contribution >= 0.6 is 35.4 Å². The van der Waals surface area contributed by atoms with Crippen molar-refractivity contribution in [1.82, 2.24) is 10.6 Å². The standard InChI is InChI=1S/C20H19Cl2N3O3S/c21-14-7-13(8-15(22)10-14)19(27)25-20(29)24-16-4-1-3-12(9-16)18(26)23-11-17-5-2-6-28-17/h1,3-4,7-10,17H,2,5-6,11H2,(H,23,26)(H2,24,25,27,29). The lowest BCUT2D eigenvalue weighted by Crippen LogP contribution is -2.34. The maximum Gasteiger partial charge on any atom is 0.257 e. The Kier molecular flexibility index (Phi) is 7.44. The fourth-order valence-corrected chi connectivity index (χ4v) is 3.61. The Morgan fingerprint density at radius 1 is 1.07 bits per heavy atom. The van der Waals surface area contributed by atoms with E-state index in [-0.39, 0.29) is 22.7 Å². The van der Waals surface area contributed by atoms with Crippen LogP contribution in [0.4, 0.5) is 5.69 Å². The molecule has 1 fully saturated rings. The quantitative estimate of drug-likeness (QED) is 0.598. The molecule has 9 heteroatoms. The molecule has 1 aliphatic rings. The summed E-state index contributed by atoms with van der Waals surface area (Å²) in [4.78, 5) is 24.6. The third-order valence-electron chi connectivity index (χ3n) is 4.25. The fraction of sp³-hybridized carbons (Fsp3) is 0.250. The third kappa shape index (κ3) is 6.40. The number of amides is 2. The molecule has 2 amide bonds. The van der Waals surface area contributed by atoms with E-state index < -0.39 is 5.91 Å². The Balaban J connectivity index is 1.56. The minimum Gasteiger partial charge on any atom is -0.376 e. The van der Waals surface area contributed by atoms with E-state index >= 15 is 0 Å². The number of hydrogen-bond donors (Lipinski definition) is 3. The lowest BCUT2D eigenvalue weighted by atomic mass is 10.1. The van der Waals surface area contributed by atoms with Crippen molar-refractivity contribution in [2.75, 3.05) is 18.5 Å². The first-order valence-electron chi connectivity index (χ1n) is 8.99. The molecule has 0 bridgehead atoms. The van der Waals surface area contributed by atoms with Gasteiger partial charge in [-0.2, -0.15) is 0 Å². The van der Waals surface area contributed by atoms with Gasteiger partial charge in [0.25, 0.3) is 11.8 Å².